The zero-order chi connectivity index (χ0) is 39.3. The maximum Gasteiger partial charge on any atom is 0.407 e. The second-order valence-electron chi connectivity index (χ2n) is 15.7. The number of amides is 4. The van der Waals surface area contributed by atoms with Crippen molar-refractivity contribution in [1.82, 2.24) is 31.2 Å². The van der Waals surface area contributed by atoms with Crippen molar-refractivity contribution in [2.45, 2.75) is 132 Å². The van der Waals surface area contributed by atoms with Crippen molar-refractivity contribution < 1.29 is 47.6 Å². The Kier molecular flexibility index (Phi) is 15.3. The van der Waals surface area contributed by atoms with Crippen LogP contribution >= 0.6 is 0 Å². The van der Waals surface area contributed by atoms with Gasteiger partial charge in [0.25, 0.3) is 0 Å². The van der Waals surface area contributed by atoms with Gasteiger partial charge in [0, 0.05) is 24.3 Å². The van der Waals surface area contributed by atoms with E-state index in [1.54, 1.807) is 107 Å². The van der Waals surface area contributed by atoms with Crippen molar-refractivity contribution in [2.24, 2.45) is 0 Å². The fraction of sp³-hybridized carbons (Fsp3) is 0.611. The third kappa shape index (κ3) is 20.0. The SMILES string of the molecule is CC(C)(C)OC(=O)NCc1cc(OCCOc2cc(CNC(=O)OC(C)(C)C)nc(CNC(=O)OC(C)(C)C)c2)cc(CNC(=O)OC(C)(C)C)n1. The number of rotatable bonds is 13. The summed E-state index contributed by atoms with van der Waals surface area (Å²) in [6, 6.07) is 6.62. The van der Waals surface area contributed by atoms with Crippen LogP contribution in [0.15, 0.2) is 24.3 Å². The van der Waals surface area contributed by atoms with E-state index in [1.165, 1.54) is 0 Å². The fourth-order valence-electron chi connectivity index (χ4n) is 3.99. The van der Waals surface area contributed by atoms with Crippen molar-refractivity contribution in [1.29, 1.82) is 0 Å². The van der Waals surface area contributed by atoms with Crippen molar-refractivity contribution in [2.75, 3.05) is 13.2 Å². The molecule has 16 nitrogen and oxygen atoms in total. The van der Waals surface area contributed by atoms with E-state index in [4.69, 9.17) is 28.4 Å². The molecule has 0 atom stereocenters. The zero-order valence-corrected chi connectivity index (χ0v) is 32.5. The molecule has 2 heterocycles. The smallest absolute Gasteiger partial charge is 0.407 e. The first-order valence-electron chi connectivity index (χ1n) is 17.0. The van der Waals surface area contributed by atoms with Gasteiger partial charge in [0.1, 0.15) is 47.1 Å². The number of carbonyl (C=O) groups excluding carboxylic acids is 4. The van der Waals surface area contributed by atoms with E-state index in [0.29, 0.717) is 34.3 Å². The minimum absolute atomic E-state index is 0.0410. The summed E-state index contributed by atoms with van der Waals surface area (Å²) in [5.74, 6) is 0.833. The standard InChI is InChI=1S/C36H56N6O10/c1-33(2,3)49-29(43)37-19-23-15-27(16-24(41-23)20-38-30(44)50-34(4,5)6)47-13-14-48-28-17-25(21-39-31(45)51-35(7,8)9)42-26(18-28)22-40-32(46)52-36(10,11)12/h15-18H,13-14,19-22H2,1-12H3,(H,37,43)(H,38,44)(H,39,45)(H,40,46). The molecule has 0 bridgehead atoms. The number of hydrogen-bond donors (Lipinski definition) is 4. The van der Waals surface area contributed by atoms with Crippen LogP contribution in [0, 0.1) is 0 Å². The van der Waals surface area contributed by atoms with Gasteiger partial charge in [0.15, 0.2) is 0 Å². The number of hydrogen-bond acceptors (Lipinski definition) is 12. The predicted molar refractivity (Wildman–Crippen MR) is 192 cm³/mol. The highest BCUT2D eigenvalue weighted by Gasteiger charge is 2.20. The summed E-state index contributed by atoms with van der Waals surface area (Å²) in [5.41, 5.74) is -0.857. The summed E-state index contributed by atoms with van der Waals surface area (Å²) in [6.45, 7) is 21.5. The lowest BCUT2D eigenvalue weighted by atomic mass is 10.2. The normalized spacial score (nSPS) is 11.8. The van der Waals surface area contributed by atoms with Crippen molar-refractivity contribution in [3.63, 3.8) is 0 Å². The molecule has 2 aromatic rings. The van der Waals surface area contributed by atoms with Gasteiger partial charge in [-0.05, 0) is 83.1 Å². The molecule has 52 heavy (non-hydrogen) atoms. The van der Waals surface area contributed by atoms with Gasteiger partial charge in [-0.15, -0.1) is 0 Å². The summed E-state index contributed by atoms with van der Waals surface area (Å²) >= 11 is 0. The molecule has 290 valence electrons. The first kappa shape index (κ1) is 43.1. The number of pyridine rings is 2. The van der Waals surface area contributed by atoms with E-state index in [1.807, 2.05) is 0 Å². The van der Waals surface area contributed by atoms with Gasteiger partial charge >= 0.3 is 24.4 Å². The highest BCUT2D eigenvalue weighted by atomic mass is 16.6. The van der Waals surface area contributed by atoms with Crippen molar-refractivity contribution in [3.8, 4) is 11.5 Å². The maximum atomic E-state index is 12.3. The van der Waals surface area contributed by atoms with E-state index < -0.39 is 46.8 Å². The molecule has 4 amide bonds. The molecule has 2 aromatic heterocycles. The zero-order valence-electron chi connectivity index (χ0n) is 32.5. The van der Waals surface area contributed by atoms with Crippen LogP contribution in [0.5, 0.6) is 11.5 Å². The molecular formula is C36H56N6O10. The lowest BCUT2D eigenvalue weighted by Crippen LogP contribution is -2.33. The highest BCUT2D eigenvalue weighted by Crippen LogP contribution is 2.18. The molecule has 0 spiro atoms. The summed E-state index contributed by atoms with van der Waals surface area (Å²) in [5, 5.41) is 10.7. The number of ether oxygens (including phenoxy) is 6. The van der Waals surface area contributed by atoms with Gasteiger partial charge in [-0.25, -0.2) is 19.2 Å². The topological polar surface area (TPSA) is 198 Å². The molecule has 0 aliphatic carbocycles. The van der Waals surface area contributed by atoms with Gasteiger partial charge in [0.05, 0.1) is 49.0 Å². The summed E-state index contributed by atoms with van der Waals surface area (Å²) in [7, 11) is 0. The summed E-state index contributed by atoms with van der Waals surface area (Å²) in [6.07, 6.45) is -2.44. The Labute approximate surface area is 306 Å². The molecule has 0 unspecified atom stereocenters. The Balaban J connectivity index is 2.16. The van der Waals surface area contributed by atoms with Gasteiger partial charge < -0.3 is 49.7 Å². The average molecular weight is 733 g/mol. The quantitative estimate of drug-likeness (QED) is 0.138. The van der Waals surface area contributed by atoms with Crippen LogP contribution in [0.3, 0.4) is 0 Å². The number of alkyl carbamates (subject to hydrolysis) is 4. The Morgan fingerprint density at radius 1 is 0.442 bits per heavy atom. The van der Waals surface area contributed by atoms with Crippen LogP contribution in [0.2, 0.25) is 0 Å². The second kappa shape index (κ2) is 18.5. The predicted octanol–water partition coefficient (Wildman–Crippen LogP) is 6.03. The second-order valence-corrected chi connectivity index (χ2v) is 15.7. The van der Waals surface area contributed by atoms with Crippen LogP contribution in [0.1, 0.15) is 106 Å². The molecule has 0 saturated carbocycles. The van der Waals surface area contributed by atoms with E-state index in [9.17, 15) is 19.2 Å². The molecule has 16 heteroatoms. The van der Waals surface area contributed by atoms with Crippen molar-refractivity contribution >= 4 is 24.4 Å². The van der Waals surface area contributed by atoms with Crippen LogP contribution in [0.25, 0.3) is 0 Å². The Bertz CT molecular complexity index is 1310. The van der Waals surface area contributed by atoms with Crippen molar-refractivity contribution in [3.05, 3.63) is 47.0 Å². The van der Waals surface area contributed by atoms with E-state index in [-0.39, 0.29) is 39.4 Å². The largest absolute Gasteiger partial charge is 0.490 e. The number of nitrogens with one attached hydrogen (secondary N) is 4. The lowest BCUT2D eigenvalue weighted by molar-refractivity contribution is 0.0509. The monoisotopic (exact) mass is 732 g/mol. The molecule has 0 aromatic carbocycles. The molecule has 0 aliphatic heterocycles. The van der Waals surface area contributed by atoms with Crippen LogP contribution in [0.4, 0.5) is 19.2 Å². The Morgan fingerprint density at radius 2 is 0.654 bits per heavy atom. The molecular weight excluding hydrogens is 676 g/mol. The van der Waals surface area contributed by atoms with E-state index >= 15 is 0 Å². The highest BCUT2D eigenvalue weighted by molar-refractivity contribution is 5.69. The Hall–Kier alpha value is -5.02. The summed E-state index contributed by atoms with van der Waals surface area (Å²) < 4.78 is 33.2. The van der Waals surface area contributed by atoms with Gasteiger partial charge in [-0.1, -0.05) is 0 Å². The average Bonchev–Trinajstić information content (AvgIpc) is 2.96. The first-order valence-corrected chi connectivity index (χ1v) is 17.0. The minimum Gasteiger partial charge on any atom is -0.490 e. The number of nitrogens with zero attached hydrogens (tertiary/aromatic N) is 2. The maximum absolute atomic E-state index is 12.3. The van der Waals surface area contributed by atoms with Gasteiger partial charge in [0.2, 0.25) is 0 Å². The third-order valence-corrected chi connectivity index (χ3v) is 5.68. The van der Waals surface area contributed by atoms with Crippen LogP contribution < -0.4 is 30.7 Å². The van der Waals surface area contributed by atoms with Gasteiger partial charge in [-0.3, -0.25) is 9.97 Å². The molecule has 0 saturated heterocycles. The Morgan fingerprint density at radius 3 is 0.846 bits per heavy atom. The summed E-state index contributed by atoms with van der Waals surface area (Å²) in [4.78, 5) is 58.1. The van der Waals surface area contributed by atoms with Crippen LogP contribution in [-0.4, -0.2) is 70.0 Å². The van der Waals surface area contributed by atoms with E-state index in [2.05, 4.69) is 31.2 Å². The fourth-order valence-corrected chi connectivity index (χ4v) is 3.99. The number of carbonyl (C=O) groups is 4. The van der Waals surface area contributed by atoms with Crippen LogP contribution in [-0.2, 0) is 45.1 Å². The molecule has 2 rings (SSSR count). The lowest BCUT2D eigenvalue weighted by Gasteiger charge is -2.20. The number of aromatic nitrogens is 2. The minimum atomic E-state index is -0.676. The first-order chi connectivity index (χ1) is 23.8. The molecule has 0 aliphatic rings. The molecule has 0 radical (unpaired) electrons. The molecule has 0 fully saturated rings. The third-order valence-electron chi connectivity index (χ3n) is 5.68. The molecule has 4 N–H and O–H groups in total. The van der Waals surface area contributed by atoms with Gasteiger partial charge in [-0.2, -0.15) is 0 Å². The van der Waals surface area contributed by atoms with E-state index in [0.717, 1.165) is 0 Å².